The number of nitrogens with one attached hydrogen (secondary N) is 2. The molecule has 5 heteroatoms. The van der Waals surface area contributed by atoms with Gasteiger partial charge in [0, 0.05) is 25.8 Å². The molecular weight excluding hydrogens is 218 g/mol. The van der Waals surface area contributed by atoms with Crippen molar-refractivity contribution in [1.29, 1.82) is 0 Å². The van der Waals surface area contributed by atoms with Gasteiger partial charge >= 0.3 is 6.03 Å². The van der Waals surface area contributed by atoms with Gasteiger partial charge in [0.2, 0.25) is 0 Å². The molecule has 2 amide bonds. The van der Waals surface area contributed by atoms with Crippen LogP contribution >= 0.6 is 0 Å². The molecule has 0 bridgehead atoms. The minimum absolute atomic E-state index is 0.131. The Morgan fingerprint density at radius 1 is 1.35 bits per heavy atom. The number of urea groups is 1. The number of amides is 2. The van der Waals surface area contributed by atoms with Crippen molar-refractivity contribution >= 4 is 6.03 Å². The van der Waals surface area contributed by atoms with Gasteiger partial charge in [0.05, 0.1) is 13.2 Å². The summed E-state index contributed by atoms with van der Waals surface area (Å²) in [5, 5.41) is 5.50. The van der Waals surface area contributed by atoms with Crippen LogP contribution in [0.4, 0.5) is 4.79 Å². The lowest BCUT2D eigenvalue weighted by atomic mass is 10.3. The Morgan fingerprint density at radius 2 is 2.06 bits per heavy atom. The summed E-state index contributed by atoms with van der Waals surface area (Å²) < 4.78 is 5.27. The Bertz CT molecular complexity index is 256. The predicted octanol–water partition coefficient (Wildman–Crippen LogP) is 0.932. The molecule has 2 N–H and O–H groups in total. The highest BCUT2D eigenvalue weighted by Gasteiger charge is 2.09. The zero-order chi connectivity index (χ0) is 12.5. The van der Waals surface area contributed by atoms with E-state index in [0.29, 0.717) is 6.54 Å². The van der Waals surface area contributed by atoms with Gasteiger partial charge in [-0.1, -0.05) is 5.57 Å². The molecule has 0 atom stereocenters. The first kappa shape index (κ1) is 14.0. The lowest BCUT2D eigenvalue weighted by Gasteiger charge is -2.26. The average molecular weight is 241 g/mol. The fourth-order valence-electron chi connectivity index (χ4n) is 1.59. The molecule has 0 saturated carbocycles. The number of morpholine rings is 1. The van der Waals surface area contributed by atoms with Crippen LogP contribution in [0.3, 0.4) is 0 Å². The van der Waals surface area contributed by atoms with E-state index in [1.54, 1.807) is 6.20 Å². The lowest BCUT2D eigenvalue weighted by molar-refractivity contribution is 0.0375. The first-order chi connectivity index (χ1) is 8.18. The summed E-state index contributed by atoms with van der Waals surface area (Å²) in [6, 6.07) is -0.131. The van der Waals surface area contributed by atoms with Gasteiger partial charge in [-0.3, -0.25) is 4.90 Å². The molecule has 1 rings (SSSR count). The van der Waals surface area contributed by atoms with Crippen LogP contribution < -0.4 is 10.6 Å². The van der Waals surface area contributed by atoms with Gasteiger partial charge < -0.3 is 15.4 Å². The summed E-state index contributed by atoms with van der Waals surface area (Å²) in [5.41, 5.74) is 1.08. The smallest absolute Gasteiger partial charge is 0.318 e. The van der Waals surface area contributed by atoms with Crippen LogP contribution in [0.15, 0.2) is 11.8 Å². The Labute approximate surface area is 103 Å². The van der Waals surface area contributed by atoms with Crippen LogP contribution in [0.1, 0.15) is 20.3 Å². The van der Waals surface area contributed by atoms with Gasteiger partial charge in [0.15, 0.2) is 0 Å². The number of nitrogens with zero attached hydrogens (tertiary/aromatic N) is 1. The summed E-state index contributed by atoms with van der Waals surface area (Å²) in [5.74, 6) is 0. The fourth-order valence-corrected chi connectivity index (χ4v) is 1.59. The summed E-state index contributed by atoms with van der Waals surface area (Å²) in [4.78, 5) is 13.7. The molecule has 0 unspecified atom stereocenters. The summed E-state index contributed by atoms with van der Waals surface area (Å²) in [6.45, 7) is 9.28. The van der Waals surface area contributed by atoms with Crippen molar-refractivity contribution in [2.45, 2.75) is 20.3 Å². The maximum atomic E-state index is 11.3. The van der Waals surface area contributed by atoms with E-state index in [4.69, 9.17) is 4.74 Å². The van der Waals surface area contributed by atoms with Gasteiger partial charge in [-0.05, 0) is 26.8 Å². The Balaban J connectivity index is 1.99. The molecule has 0 spiro atoms. The molecule has 98 valence electrons. The van der Waals surface area contributed by atoms with Crippen molar-refractivity contribution in [2.24, 2.45) is 0 Å². The number of carbonyl (C=O) groups is 1. The Morgan fingerprint density at radius 3 is 2.71 bits per heavy atom. The first-order valence-corrected chi connectivity index (χ1v) is 6.16. The normalized spacial score (nSPS) is 16.4. The second-order valence-electron chi connectivity index (χ2n) is 4.43. The molecule has 0 aromatic heterocycles. The van der Waals surface area contributed by atoms with Crippen LogP contribution in [0, 0.1) is 0 Å². The summed E-state index contributed by atoms with van der Waals surface area (Å²) in [6.07, 6.45) is 2.68. The number of carbonyl (C=O) groups excluding carboxylic acids is 1. The van der Waals surface area contributed by atoms with Crippen LogP contribution in [0.5, 0.6) is 0 Å². The van der Waals surface area contributed by atoms with Crippen LogP contribution in [-0.2, 0) is 4.74 Å². The van der Waals surface area contributed by atoms with E-state index in [-0.39, 0.29) is 6.03 Å². The highest BCUT2D eigenvalue weighted by Crippen LogP contribution is 1.97. The zero-order valence-corrected chi connectivity index (χ0v) is 10.8. The molecule has 0 aliphatic carbocycles. The number of allylic oxidation sites excluding steroid dienone is 1. The average Bonchev–Trinajstić information content (AvgIpc) is 2.33. The van der Waals surface area contributed by atoms with E-state index in [1.165, 1.54) is 0 Å². The van der Waals surface area contributed by atoms with Crippen molar-refractivity contribution in [3.8, 4) is 0 Å². The molecule has 1 fully saturated rings. The Hall–Kier alpha value is -1.07. The maximum Gasteiger partial charge on any atom is 0.318 e. The van der Waals surface area contributed by atoms with Crippen molar-refractivity contribution in [3.63, 3.8) is 0 Å². The molecule has 1 heterocycles. The minimum Gasteiger partial charge on any atom is -0.379 e. The summed E-state index contributed by atoms with van der Waals surface area (Å²) in [7, 11) is 0. The van der Waals surface area contributed by atoms with Crippen molar-refractivity contribution in [3.05, 3.63) is 11.8 Å². The van der Waals surface area contributed by atoms with Gasteiger partial charge in [0.1, 0.15) is 0 Å². The first-order valence-electron chi connectivity index (χ1n) is 6.16. The predicted molar refractivity (Wildman–Crippen MR) is 67.8 cm³/mol. The summed E-state index contributed by atoms with van der Waals surface area (Å²) >= 11 is 0. The SMILES string of the molecule is CC(C)=CNC(=O)NCCCN1CCOCC1. The van der Waals surface area contributed by atoms with E-state index < -0.39 is 0 Å². The van der Waals surface area contributed by atoms with E-state index in [1.807, 2.05) is 13.8 Å². The second-order valence-corrected chi connectivity index (χ2v) is 4.43. The third-order valence-corrected chi connectivity index (χ3v) is 2.53. The topological polar surface area (TPSA) is 53.6 Å². The number of ether oxygens (including phenoxy) is 1. The fraction of sp³-hybridized carbons (Fsp3) is 0.750. The van der Waals surface area contributed by atoms with Crippen molar-refractivity contribution < 1.29 is 9.53 Å². The quantitative estimate of drug-likeness (QED) is 0.704. The maximum absolute atomic E-state index is 11.3. The number of rotatable bonds is 5. The highest BCUT2D eigenvalue weighted by atomic mass is 16.5. The minimum atomic E-state index is -0.131. The molecule has 0 radical (unpaired) electrons. The van der Waals surface area contributed by atoms with E-state index >= 15 is 0 Å². The van der Waals surface area contributed by atoms with Crippen molar-refractivity contribution in [1.82, 2.24) is 15.5 Å². The van der Waals surface area contributed by atoms with Crippen LogP contribution in [0.25, 0.3) is 0 Å². The molecule has 17 heavy (non-hydrogen) atoms. The van der Waals surface area contributed by atoms with Gasteiger partial charge in [-0.2, -0.15) is 0 Å². The standard InChI is InChI=1S/C12H23N3O2/c1-11(2)10-14-12(16)13-4-3-5-15-6-8-17-9-7-15/h10H,3-9H2,1-2H3,(H2,13,14,16). The highest BCUT2D eigenvalue weighted by molar-refractivity contribution is 5.74. The lowest BCUT2D eigenvalue weighted by Crippen LogP contribution is -2.39. The molecule has 1 saturated heterocycles. The van der Waals surface area contributed by atoms with Crippen LogP contribution in [0.2, 0.25) is 0 Å². The molecule has 0 aromatic carbocycles. The third kappa shape index (κ3) is 6.97. The zero-order valence-electron chi connectivity index (χ0n) is 10.8. The molecule has 1 aliphatic rings. The molecular formula is C12H23N3O2. The second kappa shape index (κ2) is 8.08. The Kier molecular flexibility index (Phi) is 6.65. The van der Waals surface area contributed by atoms with E-state index in [9.17, 15) is 4.79 Å². The number of hydrogen-bond acceptors (Lipinski definition) is 3. The van der Waals surface area contributed by atoms with Gasteiger partial charge in [0.25, 0.3) is 0 Å². The third-order valence-electron chi connectivity index (χ3n) is 2.53. The van der Waals surface area contributed by atoms with Gasteiger partial charge in [-0.15, -0.1) is 0 Å². The number of hydrogen-bond donors (Lipinski definition) is 2. The van der Waals surface area contributed by atoms with E-state index in [0.717, 1.165) is 44.8 Å². The molecule has 1 aliphatic heterocycles. The van der Waals surface area contributed by atoms with E-state index in [2.05, 4.69) is 15.5 Å². The van der Waals surface area contributed by atoms with Crippen molar-refractivity contribution in [2.75, 3.05) is 39.4 Å². The van der Waals surface area contributed by atoms with Crippen LogP contribution in [-0.4, -0.2) is 50.3 Å². The van der Waals surface area contributed by atoms with Gasteiger partial charge in [-0.25, -0.2) is 4.79 Å². The molecule has 0 aromatic rings. The monoisotopic (exact) mass is 241 g/mol. The molecule has 5 nitrogen and oxygen atoms in total. The largest absolute Gasteiger partial charge is 0.379 e.